The van der Waals surface area contributed by atoms with Gasteiger partial charge >= 0.3 is 0 Å². The van der Waals surface area contributed by atoms with Crippen LogP contribution in [0.5, 0.6) is 5.75 Å². The van der Waals surface area contributed by atoms with Gasteiger partial charge in [-0.05, 0) is 31.9 Å². The van der Waals surface area contributed by atoms with Crippen LogP contribution in [0.1, 0.15) is 42.7 Å². The van der Waals surface area contributed by atoms with E-state index in [1.54, 1.807) is 6.26 Å². The first-order valence-corrected chi connectivity index (χ1v) is 7.39. The van der Waals surface area contributed by atoms with Crippen LogP contribution in [0.3, 0.4) is 0 Å². The number of rotatable bonds is 5. The molecular formula is C17H21NO2. The first kappa shape index (κ1) is 13.3. The Labute approximate surface area is 119 Å². The van der Waals surface area contributed by atoms with E-state index < -0.39 is 0 Å². The van der Waals surface area contributed by atoms with E-state index >= 15 is 0 Å². The smallest absolute Gasteiger partial charge is 0.123 e. The van der Waals surface area contributed by atoms with Crippen molar-refractivity contribution in [1.82, 2.24) is 5.32 Å². The summed E-state index contributed by atoms with van der Waals surface area (Å²) in [6, 6.07) is 10.7. The molecule has 0 spiro atoms. The third-order valence-electron chi connectivity index (χ3n) is 3.86. The van der Waals surface area contributed by atoms with E-state index in [0.29, 0.717) is 12.6 Å². The van der Waals surface area contributed by atoms with Gasteiger partial charge < -0.3 is 14.5 Å². The standard InChI is InChI=1S/C17H21NO2/c1-2-19-16-8-4-3-6-13(16)12-18-15-7-5-9-17-14(15)10-11-20-17/h3-4,6,8,10-11,15,18H,2,5,7,9,12H2,1H3. The fourth-order valence-corrected chi connectivity index (χ4v) is 2.88. The number of aryl methyl sites for hydroxylation is 1. The predicted molar refractivity (Wildman–Crippen MR) is 78.8 cm³/mol. The van der Waals surface area contributed by atoms with Gasteiger partial charge in [-0.2, -0.15) is 0 Å². The SMILES string of the molecule is CCOc1ccccc1CNC1CCCc2occc21. The summed E-state index contributed by atoms with van der Waals surface area (Å²) in [5, 5.41) is 3.64. The highest BCUT2D eigenvalue weighted by Gasteiger charge is 2.22. The number of fused-ring (bicyclic) bond motifs is 1. The topological polar surface area (TPSA) is 34.4 Å². The molecule has 3 nitrogen and oxygen atoms in total. The summed E-state index contributed by atoms with van der Waals surface area (Å²) in [5.41, 5.74) is 2.54. The van der Waals surface area contributed by atoms with Crippen molar-refractivity contribution in [3.05, 3.63) is 53.5 Å². The van der Waals surface area contributed by atoms with Gasteiger partial charge in [0.15, 0.2) is 0 Å². The van der Waals surface area contributed by atoms with Gasteiger partial charge in [0.05, 0.1) is 12.9 Å². The van der Waals surface area contributed by atoms with Gasteiger partial charge in [-0.25, -0.2) is 0 Å². The Bertz CT molecular complexity index is 562. The second-order valence-corrected chi connectivity index (χ2v) is 5.17. The van der Waals surface area contributed by atoms with Gasteiger partial charge in [0.2, 0.25) is 0 Å². The number of furan rings is 1. The molecule has 0 fully saturated rings. The molecule has 3 rings (SSSR count). The molecule has 1 aromatic carbocycles. The number of benzene rings is 1. The first-order chi connectivity index (χ1) is 9.88. The Kier molecular flexibility index (Phi) is 4.07. The Balaban J connectivity index is 1.69. The second-order valence-electron chi connectivity index (χ2n) is 5.17. The lowest BCUT2D eigenvalue weighted by atomic mass is 9.93. The van der Waals surface area contributed by atoms with Crippen LogP contribution in [0.15, 0.2) is 41.0 Å². The molecule has 3 heteroatoms. The maximum absolute atomic E-state index is 5.67. The van der Waals surface area contributed by atoms with E-state index in [0.717, 1.165) is 24.5 Å². The van der Waals surface area contributed by atoms with Crippen LogP contribution in [-0.4, -0.2) is 6.61 Å². The van der Waals surface area contributed by atoms with E-state index in [2.05, 4.69) is 23.5 Å². The van der Waals surface area contributed by atoms with E-state index in [1.807, 2.05) is 19.1 Å². The van der Waals surface area contributed by atoms with Crippen LogP contribution >= 0.6 is 0 Å². The van der Waals surface area contributed by atoms with Gasteiger partial charge in [-0.1, -0.05) is 18.2 Å². The lowest BCUT2D eigenvalue weighted by Gasteiger charge is -2.23. The van der Waals surface area contributed by atoms with Gasteiger partial charge in [0, 0.05) is 30.1 Å². The van der Waals surface area contributed by atoms with E-state index in [4.69, 9.17) is 9.15 Å². The minimum Gasteiger partial charge on any atom is -0.494 e. The second kappa shape index (κ2) is 6.14. The zero-order chi connectivity index (χ0) is 13.8. The van der Waals surface area contributed by atoms with Crippen molar-refractivity contribution >= 4 is 0 Å². The van der Waals surface area contributed by atoms with Crippen molar-refractivity contribution in [2.45, 2.75) is 38.8 Å². The average molecular weight is 271 g/mol. The van der Waals surface area contributed by atoms with E-state index in [9.17, 15) is 0 Å². The van der Waals surface area contributed by atoms with Gasteiger partial charge in [-0.3, -0.25) is 0 Å². The molecule has 0 amide bonds. The van der Waals surface area contributed by atoms with Crippen LogP contribution in [-0.2, 0) is 13.0 Å². The first-order valence-electron chi connectivity index (χ1n) is 7.39. The molecule has 1 unspecified atom stereocenters. The molecule has 20 heavy (non-hydrogen) atoms. The predicted octanol–water partition coefficient (Wildman–Crippen LogP) is 3.85. The molecule has 1 heterocycles. The molecule has 1 aliphatic carbocycles. The molecule has 2 aromatic rings. The van der Waals surface area contributed by atoms with Crippen LogP contribution in [0.2, 0.25) is 0 Å². The molecule has 0 saturated heterocycles. The number of nitrogens with one attached hydrogen (secondary N) is 1. The molecular weight excluding hydrogens is 250 g/mol. The van der Waals surface area contributed by atoms with Gasteiger partial charge in [-0.15, -0.1) is 0 Å². The van der Waals surface area contributed by atoms with Gasteiger partial charge in [0.25, 0.3) is 0 Å². The average Bonchev–Trinajstić information content (AvgIpc) is 2.96. The number of ether oxygens (including phenoxy) is 1. The fraction of sp³-hybridized carbons (Fsp3) is 0.412. The largest absolute Gasteiger partial charge is 0.494 e. The Morgan fingerprint density at radius 3 is 3.10 bits per heavy atom. The van der Waals surface area contributed by atoms with Crippen molar-refractivity contribution in [3.8, 4) is 5.75 Å². The fourth-order valence-electron chi connectivity index (χ4n) is 2.88. The summed E-state index contributed by atoms with van der Waals surface area (Å²) in [4.78, 5) is 0. The number of para-hydroxylation sites is 1. The summed E-state index contributed by atoms with van der Waals surface area (Å²) in [6.45, 7) is 3.54. The summed E-state index contributed by atoms with van der Waals surface area (Å²) in [7, 11) is 0. The third-order valence-corrected chi connectivity index (χ3v) is 3.86. The highest BCUT2D eigenvalue weighted by Crippen LogP contribution is 2.31. The molecule has 1 aromatic heterocycles. The normalized spacial score (nSPS) is 17.8. The van der Waals surface area contributed by atoms with Crippen molar-refractivity contribution < 1.29 is 9.15 Å². The van der Waals surface area contributed by atoms with Crippen LogP contribution in [0.4, 0.5) is 0 Å². The summed E-state index contributed by atoms with van der Waals surface area (Å²) >= 11 is 0. The van der Waals surface area contributed by atoms with E-state index in [-0.39, 0.29) is 0 Å². The Hall–Kier alpha value is -1.74. The van der Waals surface area contributed by atoms with Gasteiger partial charge in [0.1, 0.15) is 11.5 Å². The molecule has 106 valence electrons. The highest BCUT2D eigenvalue weighted by molar-refractivity contribution is 5.33. The summed E-state index contributed by atoms with van der Waals surface area (Å²) in [6.07, 6.45) is 5.23. The molecule has 0 aliphatic heterocycles. The molecule has 1 atom stereocenters. The zero-order valence-corrected chi connectivity index (χ0v) is 11.9. The minimum atomic E-state index is 0.396. The molecule has 1 aliphatic rings. The lowest BCUT2D eigenvalue weighted by molar-refractivity contribution is 0.333. The van der Waals surface area contributed by atoms with Crippen LogP contribution in [0.25, 0.3) is 0 Å². The quantitative estimate of drug-likeness (QED) is 0.897. The zero-order valence-electron chi connectivity index (χ0n) is 11.9. The Morgan fingerprint density at radius 2 is 2.20 bits per heavy atom. The Morgan fingerprint density at radius 1 is 1.30 bits per heavy atom. The molecule has 1 N–H and O–H groups in total. The number of hydrogen-bond donors (Lipinski definition) is 1. The number of hydrogen-bond acceptors (Lipinski definition) is 3. The van der Waals surface area contributed by atoms with Crippen molar-refractivity contribution in [2.24, 2.45) is 0 Å². The van der Waals surface area contributed by atoms with Crippen LogP contribution in [0, 0.1) is 0 Å². The summed E-state index contributed by atoms with van der Waals surface area (Å²) < 4.78 is 11.2. The van der Waals surface area contributed by atoms with Crippen molar-refractivity contribution in [3.63, 3.8) is 0 Å². The molecule has 0 saturated carbocycles. The minimum absolute atomic E-state index is 0.396. The maximum Gasteiger partial charge on any atom is 0.123 e. The lowest BCUT2D eigenvalue weighted by Crippen LogP contribution is -2.24. The maximum atomic E-state index is 5.67. The monoisotopic (exact) mass is 271 g/mol. The van der Waals surface area contributed by atoms with E-state index in [1.165, 1.54) is 24.0 Å². The molecule has 0 bridgehead atoms. The summed E-state index contributed by atoms with van der Waals surface area (Å²) in [5.74, 6) is 2.12. The van der Waals surface area contributed by atoms with Crippen molar-refractivity contribution in [2.75, 3.05) is 6.61 Å². The van der Waals surface area contributed by atoms with Crippen molar-refractivity contribution in [1.29, 1.82) is 0 Å². The molecule has 0 radical (unpaired) electrons. The highest BCUT2D eigenvalue weighted by atomic mass is 16.5. The van der Waals surface area contributed by atoms with Crippen LogP contribution < -0.4 is 10.1 Å². The third kappa shape index (κ3) is 2.73.